The van der Waals surface area contributed by atoms with Crippen molar-refractivity contribution in [3.63, 3.8) is 0 Å². The molecular weight excluding hydrogens is 372 g/mol. The molecule has 1 fully saturated rings. The number of aromatic nitrogens is 1. The predicted molar refractivity (Wildman–Crippen MR) is 119 cm³/mol. The first-order chi connectivity index (χ1) is 14.7. The maximum absolute atomic E-state index is 13.2. The van der Waals surface area contributed by atoms with Gasteiger partial charge in [-0.05, 0) is 47.7 Å². The largest absolute Gasteiger partial charge is 0.497 e. The van der Waals surface area contributed by atoms with Crippen LogP contribution in [0.25, 0.3) is 0 Å². The molecule has 0 aliphatic heterocycles. The van der Waals surface area contributed by atoms with Crippen molar-refractivity contribution in [2.45, 2.75) is 25.4 Å². The van der Waals surface area contributed by atoms with Crippen LogP contribution in [0.1, 0.15) is 29.2 Å². The fraction of sp³-hybridized carbons (Fsp3) is 0.269. The van der Waals surface area contributed by atoms with Crippen LogP contribution in [-0.4, -0.2) is 29.0 Å². The second kappa shape index (κ2) is 9.04. The minimum absolute atomic E-state index is 0.0779. The van der Waals surface area contributed by atoms with E-state index in [1.54, 1.807) is 7.11 Å². The van der Waals surface area contributed by atoms with E-state index in [2.05, 4.69) is 41.6 Å². The number of methoxy groups -OCH3 is 1. The lowest BCUT2D eigenvalue weighted by Crippen LogP contribution is -2.33. The standard InChI is InChI=1S/C26H28N2O2/c1-3-14-28(26(29)25-17-24(25)21-10-5-4-6-11-21)19-22-12-8-15-27(22)18-20-9-7-13-23(16-20)30-2/h3-13,15-16,24-25H,1,14,17-19H2,2H3/t24-,25-/m1/s1. The van der Waals surface area contributed by atoms with E-state index in [4.69, 9.17) is 4.74 Å². The van der Waals surface area contributed by atoms with Crippen LogP contribution in [0.15, 0.2) is 85.6 Å². The number of carbonyl (C=O) groups excluding carboxylic acids is 1. The summed E-state index contributed by atoms with van der Waals surface area (Å²) in [5.74, 6) is 1.49. The molecule has 0 unspecified atom stereocenters. The molecule has 0 bridgehead atoms. The molecule has 2 atom stereocenters. The minimum atomic E-state index is 0.0779. The van der Waals surface area contributed by atoms with Crippen molar-refractivity contribution in [1.29, 1.82) is 0 Å². The van der Waals surface area contributed by atoms with Gasteiger partial charge < -0.3 is 14.2 Å². The molecule has 0 radical (unpaired) electrons. The van der Waals surface area contributed by atoms with Gasteiger partial charge in [0.2, 0.25) is 5.91 Å². The molecule has 1 heterocycles. The van der Waals surface area contributed by atoms with Gasteiger partial charge in [-0.15, -0.1) is 6.58 Å². The summed E-state index contributed by atoms with van der Waals surface area (Å²) < 4.78 is 7.53. The zero-order chi connectivity index (χ0) is 20.9. The lowest BCUT2D eigenvalue weighted by molar-refractivity contribution is -0.132. The summed E-state index contributed by atoms with van der Waals surface area (Å²) in [6, 6.07) is 22.6. The number of benzene rings is 2. The van der Waals surface area contributed by atoms with Crippen molar-refractivity contribution in [2.75, 3.05) is 13.7 Å². The Morgan fingerprint density at radius 2 is 2.00 bits per heavy atom. The lowest BCUT2D eigenvalue weighted by Gasteiger charge is -2.23. The molecule has 3 aromatic rings. The molecule has 1 aliphatic carbocycles. The van der Waals surface area contributed by atoms with Crippen molar-refractivity contribution in [3.05, 3.63) is 102 Å². The third-order valence-electron chi connectivity index (χ3n) is 5.76. The quantitative estimate of drug-likeness (QED) is 0.481. The first-order valence-electron chi connectivity index (χ1n) is 10.4. The average molecular weight is 401 g/mol. The van der Waals surface area contributed by atoms with Gasteiger partial charge in [0.25, 0.3) is 0 Å². The summed E-state index contributed by atoms with van der Waals surface area (Å²) in [6.45, 7) is 5.75. The third kappa shape index (κ3) is 4.48. The van der Waals surface area contributed by atoms with Crippen LogP contribution in [0.5, 0.6) is 5.75 Å². The predicted octanol–water partition coefficient (Wildman–Crippen LogP) is 4.86. The maximum atomic E-state index is 13.2. The number of hydrogen-bond donors (Lipinski definition) is 0. The van der Waals surface area contributed by atoms with E-state index in [0.29, 0.717) is 19.0 Å². The summed E-state index contributed by atoms with van der Waals surface area (Å²) >= 11 is 0. The Hall–Kier alpha value is -3.27. The maximum Gasteiger partial charge on any atom is 0.226 e. The molecule has 30 heavy (non-hydrogen) atoms. The summed E-state index contributed by atoms with van der Waals surface area (Å²) in [4.78, 5) is 15.1. The Morgan fingerprint density at radius 3 is 2.77 bits per heavy atom. The second-order valence-corrected chi connectivity index (χ2v) is 7.85. The number of carbonyl (C=O) groups is 1. The van der Waals surface area contributed by atoms with Crippen molar-refractivity contribution >= 4 is 5.91 Å². The van der Waals surface area contributed by atoms with Gasteiger partial charge >= 0.3 is 0 Å². The highest BCUT2D eigenvalue weighted by Crippen LogP contribution is 2.48. The number of ether oxygens (including phenoxy) is 1. The van der Waals surface area contributed by atoms with Crippen LogP contribution in [0, 0.1) is 5.92 Å². The van der Waals surface area contributed by atoms with Crippen molar-refractivity contribution in [3.8, 4) is 5.75 Å². The van der Waals surface area contributed by atoms with Gasteiger partial charge in [-0.3, -0.25) is 4.79 Å². The molecule has 0 saturated heterocycles. The van der Waals surface area contributed by atoms with E-state index in [9.17, 15) is 4.79 Å². The van der Waals surface area contributed by atoms with E-state index < -0.39 is 0 Å². The number of rotatable bonds is 9. The van der Waals surface area contributed by atoms with E-state index in [0.717, 1.165) is 24.4 Å². The number of hydrogen-bond acceptors (Lipinski definition) is 2. The SMILES string of the molecule is C=CCN(Cc1cccn1Cc1cccc(OC)c1)C(=O)[C@@H]1C[C@@H]1c1ccccc1. The summed E-state index contributed by atoms with van der Waals surface area (Å²) in [5, 5.41) is 0. The zero-order valence-corrected chi connectivity index (χ0v) is 17.4. The Kier molecular flexibility index (Phi) is 6.03. The van der Waals surface area contributed by atoms with Crippen LogP contribution in [0.2, 0.25) is 0 Å². The third-order valence-corrected chi connectivity index (χ3v) is 5.76. The molecule has 2 aromatic carbocycles. The zero-order valence-electron chi connectivity index (χ0n) is 17.4. The molecule has 1 amide bonds. The molecule has 4 rings (SSSR count). The smallest absolute Gasteiger partial charge is 0.226 e. The Labute approximate surface area is 178 Å². The molecule has 1 aromatic heterocycles. The second-order valence-electron chi connectivity index (χ2n) is 7.85. The van der Waals surface area contributed by atoms with E-state index in [-0.39, 0.29) is 11.8 Å². The molecule has 1 saturated carbocycles. The van der Waals surface area contributed by atoms with Crippen LogP contribution < -0.4 is 4.74 Å². The van der Waals surface area contributed by atoms with Gasteiger partial charge in [0.05, 0.1) is 13.7 Å². The molecule has 0 N–H and O–H groups in total. The van der Waals surface area contributed by atoms with Crippen LogP contribution in [0.3, 0.4) is 0 Å². The fourth-order valence-corrected chi connectivity index (χ4v) is 4.07. The van der Waals surface area contributed by atoms with Gasteiger partial charge in [-0.2, -0.15) is 0 Å². The average Bonchev–Trinajstić information content (AvgIpc) is 3.48. The molecule has 0 spiro atoms. The fourth-order valence-electron chi connectivity index (χ4n) is 4.07. The molecule has 4 nitrogen and oxygen atoms in total. The Morgan fingerprint density at radius 1 is 1.17 bits per heavy atom. The lowest BCUT2D eigenvalue weighted by atomic mass is 10.1. The Balaban J connectivity index is 1.46. The van der Waals surface area contributed by atoms with Gasteiger partial charge in [-0.25, -0.2) is 0 Å². The van der Waals surface area contributed by atoms with Crippen molar-refractivity contribution < 1.29 is 9.53 Å². The highest BCUT2D eigenvalue weighted by molar-refractivity contribution is 5.83. The van der Waals surface area contributed by atoms with E-state index in [1.807, 2.05) is 53.4 Å². The minimum Gasteiger partial charge on any atom is -0.497 e. The first-order valence-corrected chi connectivity index (χ1v) is 10.4. The molecule has 154 valence electrons. The monoisotopic (exact) mass is 400 g/mol. The topological polar surface area (TPSA) is 34.5 Å². The van der Waals surface area contributed by atoms with Crippen LogP contribution in [-0.2, 0) is 17.9 Å². The van der Waals surface area contributed by atoms with Crippen molar-refractivity contribution in [2.24, 2.45) is 5.92 Å². The molecule has 1 aliphatic rings. The normalized spacial score (nSPS) is 17.4. The van der Waals surface area contributed by atoms with Gasteiger partial charge in [0, 0.05) is 30.9 Å². The highest BCUT2D eigenvalue weighted by atomic mass is 16.5. The summed E-state index contributed by atoms with van der Waals surface area (Å²) in [5.41, 5.74) is 3.54. The summed E-state index contributed by atoms with van der Waals surface area (Å²) in [6.07, 6.45) is 4.81. The van der Waals surface area contributed by atoms with Gasteiger partial charge in [0.15, 0.2) is 0 Å². The molecule has 4 heteroatoms. The van der Waals surface area contributed by atoms with Gasteiger partial charge in [-0.1, -0.05) is 48.5 Å². The molecular formula is C26H28N2O2. The number of nitrogens with zero attached hydrogens (tertiary/aromatic N) is 2. The van der Waals surface area contributed by atoms with E-state index >= 15 is 0 Å². The highest BCUT2D eigenvalue weighted by Gasteiger charge is 2.45. The number of amides is 1. The first kappa shape index (κ1) is 20.0. The van der Waals surface area contributed by atoms with Gasteiger partial charge in [0.1, 0.15) is 5.75 Å². The Bertz CT molecular complexity index is 1010. The van der Waals surface area contributed by atoms with Crippen LogP contribution in [0.4, 0.5) is 0 Å². The summed E-state index contributed by atoms with van der Waals surface area (Å²) in [7, 11) is 1.68. The van der Waals surface area contributed by atoms with Crippen LogP contribution >= 0.6 is 0 Å². The van der Waals surface area contributed by atoms with E-state index in [1.165, 1.54) is 11.1 Å². The van der Waals surface area contributed by atoms with Crippen molar-refractivity contribution in [1.82, 2.24) is 9.47 Å².